The molecule has 5 aromatic rings. The minimum absolute atomic E-state index is 0.121. The van der Waals surface area contributed by atoms with Crippen molar-refractivity contribution < 1.29 is 14.3 Å². The first-order valence-corrected chi connectivity index (χ1v) is 8.47. The molecule has 28 heavy (non-hydrogen) atoms. The number of aromatic nitrogens is 5. The maximum Gasteiger partial charge on any atom is 0.415 e. The molecule has 4 aromatic heterocycles. The number of nitrogens with zero attached hydrogens (tertiary/aromatic N) is 5. The number of hydrogen-bond donors (Lipinski definition) is 2. The van der Waals surface area contributed by atoms with Crippen molar-refractivity contribution in [3.05, 3.63) is 60.6 Å². The third kappa shape index (κ3) is 2.41. The van der Waals surface area contributed by atoms with E-state index in [1.54, 1.807) is 41.4 Å². The molecule has 0 aliphatic carbocycles. The number of hydrogen-bond acceptors (Lipinski definition) is 6. The lowest BCUT2D eigenvalue weighted by Crippen LogP contribution is -2.07. The molecule has 0 saturated heterocycles. The lowest BCUT2D eigenvalue weighted by molar-refractivity contribution is 0.197. The predicted octanol–water partition coefficient (Wildman–Crippen LogP) is 3.20. The summed E-state index contributed by atoms with van der Waals surface area (Å²) < 4.78 is 8.36. The highest BCUT2D eigenvalue weighted by Gasteiger charge is 2.16. The zero-order valence-electron chi connectivity index (χ0n) is 14.5. The van der Waals surface area contributed by atoms with Crippen LogP contribution < -0.4 is 5.73 Å². The van der Waals surface area contributed by atoms with Crippen molar-refractivity contribution >= 4 is 34.0 Å². The molecule has 1 aromatic carbocycles. The quantitative estimate of drug-likeness (QED) is 0.497. The molecule has 0 atom stereocenters. The molecule has 0 unspecified atom stereocenters. The highest BCUT2D eigenvalue weighted by atomic mass is 16.4. The zero-order chi connectivity index (χ0) is 19.3. The van der Waals surface area contributed by atoms with Crippen LogP contribution in [0.3, 0.4) is 0 Å². The second kappa shape index (κ2) is 5.95. The maximum absolute atomic E-state index is 11.4. The fourth-order valence-electron chi connectivity index (χ4n) is 3.39. The average molecular weight is 374 g/mol. The molecular weight excluding hydrogens is 360 g/mol. The molecule has 0 saturated carbocycles. The van der Waals surface area contributed by atoms with E-state index in [9.17, 15) is 9.90 Å². The normalized spacial score (nSPS) is 11.4. The van der Waals surface area contributed by atoms with Gasteiger partial charge >= 0.3 is 6.09 Å². The minimum atomic E-state index is -1.03. The molecular formula is C19H14N6O3. The summed E-state index contributed by atoms with van der Waals surface area (Å²) in [5.41, 5.74) is 8.59. The first-order valence-electron chi connectivity index (χ1n) is 8.47. The molecule has 0 spiro atoms. The number of rotatable bonds is 3. The molecule has 0 amide bonds. The molecule has 3 N–H and O–H groups in total. The largest absolute Gasteiger partial charge is 0.464 e. The summed E-state index contributed by atoms with van der Waals surface area (Å²) >= 11 is 0. The lowest BCUT2D eigenvalue weighted by Gasteiger charge is -2.07. The molecule has 138 valence electrons. The van der Waals surface area contributed by atoms with Gasteiger partial charge in [-0.1, -0.05) is 12.1 Å². The van der Waals surface area contributed by atoms with Gasteiger partial charge in [0.1, 0.15) is 5.69 Å². The van der Waals surface area contributed by atoms with Crippen LogP contribution in [0.2, 0.25) is 0 Å². The van der Waals surface area contributed by atoms with E-state index in [2.05, 4.69) is 15.1 Å². The Hall–Kier alpha value is -4.14. The Morgan fingerprint density at radius 1 is 1.14 bits per heavy atom. The number of fused-ring (bicyclic) bond motifs is 2. The van der Waals surface area contributed by atoms with Crippen molar-refractivity contribution in [1.29, 1.82) is 0 Å². The second-order valence-corrected chi connectivity index (χ2v) is 6.27. The molecule has 0 bridgehead atoms. The van der Waals surface area contributed by atoms with Gasteiger partial charge in [0.05, 0.1) is 29.9 Å². The number of furan rings is 1. The maximum atomic E-state index is 11.4. The summed E-state index contributed by atoms with van der Waals surface area (Å²) in [6.45, 7) is 0.401. The Morgan fingerprint density at radius 2 is 2.04 bits per heavy atom. The lowest BCUT2D eigenvalue weighted by atomic mass is 10.1. The van der Waals surface area contributed by atoms with Crippen molar-refractivity contribution in [2.45, 2.75) is 6.54 Å². The molecule has 0 aliphatic heterocycles. The van der Waals surface area contributed by atoms with Gasteiger partial charge in [-0.2, -0.15) is 10.1 Å². The van der Waals surface area contributed by atoms with Gasteiger partial charge < -0.3 is 15.3 Å². The average Bonchev–Trinajstić information content (AvgIpc) is 3.41. The topological polar surface area (TPSA) is 125 Å². The molecule has 0 aliphatic rings. The molecule has 0 radical (unpaired) electrons. The number of carbonyl (C=O) groups is 1. The zero-order valence-corrected chi connectivity index (χ0v) is 14.5. The smallest absolute Gasteiger partial charge is 0.415 e. The van der Waals surface area contributed by atoms with Crippen LogP contribution in [0.25, 0.3) is 33.4 Å². The number of nitrogens with two attached hydrogens (primary N) is 1. The third-order valence-electron chi connectivity index (χ3n) is 4.62. The fraction of sp³-hybridized carbons (Fsp3) is 0.0526. The fourth-order valence-corrected chi connectivity index (χ4v) is 3.39. The molecule has 0 fully saturated rings. The number of anilines is 1. The van der Waals surface area contributed by atoms with Crippen LogP contribution in [-0.2, 0) is 6.54 Å². The van der Waals surface area contributed by atoms with Crippen LogP contribution in [0, 0.1) is 0 Å². The van der Waals surface area contributed by atoms with Gasteiger partial charge in [-0.15, -0.1) is 0 Å². The summed E-state index contributed by atoms with van der Waals surface area (Å²) in [7, 11) is 0. The van der Waals surface area contributed by atoms with Crippen LogP contribution in [0.4, 0.5) is 10.7 Å². The Morgan fingerprint density at radius 3 is 2.82 bits per heavy atom. The van der Waals surface area contributed by atoms with E-state index in [0.29, 0.717) is 29.2 Å². The van der Waals surface area contributed by atoms with Crippen LogP contribution in [-0.4, -0.2) is 35.5 Å². The summed E-state index contributed by atoms with van der Waals surface area (Å²) in [5.74, 6) is 0.704. The van der Waals surface area contributed by atoms with Crippen LogP contribution in [0.5, 0.6) is 0 Å². The van der Waals surface area contributed by atoms with Crippen molar-refractivity contribution in [2.24, 2.45) is 0 Å². The van der Waals surface area contributed by atoms with Gasteiger partial charge in [0, 0.05) is 11.6 Å². The Balaban J connectivity index is 1.64. The molecule has 9 nitrogen and oxygen atoms in total. The van der Waals surface area contributed by atoms with E-state index >= 15 is 0 Å². The molecule has 4 heterocycles. The van der Waals surface area contributed by atoms with E-state index in [4.69, 9.17) is 10.2 Å². The summed E-state index contributed by atoms with van der Waals surface area (Å²) in [5, 5.41) is 15.3. The molecule has 5 rings (SSSR count). The van der Waals surface area contributed by atoms with Crippen molar-refractivity contribution in [3.63, 3.8) is 0 Å². The van der Waals surface area contributed by atoms with Gasteiger partial charge in [-0.25, -0.2) is 14.5 Å². The van der Waals surface area contributed by atoms with E-state index in [1.165, 1.54) is 10.8 Å². The first kappa shape index (κ1) is 16.1. The number of benzene rings is 1. The second-order valence-electron chi connectivity index (χ2n) is 6.27. The minimum Gasteiger partial charge on any atom is -0.464 e. The van der Waals surface area contributed by atoms with Crippen LogP contribution in [0.1, 0.15) is 5.56 Å². The van der Waals surface area contributed by atoms with E-state index in [1.807, 2.05) is 12.1 Å². The van der Waals surface area contributed by atoms with Gasteiger partial charge in [-0.05, 0) is 29.8 Å². The summed E-state index contributed by atoms with van der Waals surface area (Å²) in [4.78, 5) is 20.0. The van der Waals surface area contributed by atoms with Crippen molar-refractivity contribution in [2.75, 3.05) is 5.73 Å². The predicted molar refractivity (Wildman–Crippen MR) is 102 cm³/mol. The Labute approximate surface area is 157 Å². The Kier molecular flexibility index (Phi) is 3.41. The highest BCUT2D eigenvalue weighted by Crippen LogP contribution is 2.28. The summed E-state index contributed by atoms with van der Waals surface area (Å²) in [6, 6.07) is 10.9. The van der Waals surface area contributed by atoms with Gasteiger partial charge in [0.2, 0.25) is 5.95 Å². The van der Waals surface area contributed by atoms with E-state index < -0.39 is 6.09 Å². The highest BCUT2D eigenvalue weighted by molar-refractivity contribution is 5.92. The van der Waals surface area contributed by atoms with Gasteiger partial charge in [0.25, 0.3) is 0 Å². The SMILES string of the molecule is Nc1nc(-c2ccco2)c2cnn(Cc3cccc4c3ccn4C(=O)O)c2n1. The van der Waals surface area contributed by atoms with Crippen LogP contribution in [0.15, 0.2) is 59.5 Å². The van der Waals surface area contributed by atoms with E-state index in [0.717, 1.165) is 16.3 Å². The van der Waals surface area contributed by atoms with Crippen molar-refractivity contribution in [1.82, 2.24) is 24.3 Å². The van der Waals surface area contributed by atoms with Crippen molar-refractivity contribution in [3.8, 4) is 11.5 Å². The first-order chi connectivity index (χ1) is 13.6. The third-order valence-corrected chi connectivity index (χ3v) is 4.62. The monoisotopic (exact) mass is 374 g/mol. The molecule has 9 heteroatoms. The van der Waals surface area contributed by atoms with E-state index in [-0.39, 0.29) is 5.95 Å². The summed E-state index contributed by atoms with van der Waals surface area (Å²) in [6.07, 6.45) is 3.75. The van der Waals surface area contributed by atoms with Gasteiger partial charge in [-0.3, -0.25) is 4.57 Å². The van der Waals surface area contributed by atoms with Crippen LogP contribution >= 0.6 is 0 Å². The Bertz CT molecular complexity index is 1330. The standard InChI is InChI=1S/C19H14N6O3/c20-18-22-16(15-5-2-8-28-15)13-9-21-25(17(13)23-18)10-11-3-1-4-14-12(11)6-7-24(14)19(26)27/h1-9H,10H2,(H,26,27)(H2,20,22,23). The number of carboxylic acid groups (broad SMARTS) is 1. The van der Waals surface area contributed by atoms with Gasteiger partial charge in [0.15, 0.2) is 11.4 Å². The number of nitrogen functional groups attached to an aromatic ring is 1.